The first-order valence-electron chi connectivity index (χ1n) is 7.52. The number of hydrogen-bond acceptors (Lipinski definition) is 0. The first-order valence-corrected chi connectivity index (χ1v) is 7.52. The van der Waals surface area contributed by atoms with Crippen molar-refractivity contribution >= 4 is 0 Å². The van der Waals surface area contributed by atoms with Gasteiger partial charge in [-0.05, 0) is 0 Å². The molecule has 3 heteroatoms. The van der Waals surface area contributed by atoms with Crippen LogP contribution in [0, 0.1) is 18.1 Å². The van der Waals surface area contributed by atoms with Crippen molar-refractivity contribution in [2.45, 2.75) is 67.2 Å². The van der Waals surface area contributed by atoms with Gasteiger partial charge in [-0.25, -0.2) is 23.3 Å². The van der Waals surface area contributed by atoms with E-state index in [1.54, 1.807) is 0 Å². The van der Waals surface area contributed by atoms with Gasteiger partial charge in [0.15, 0.2) is 0 Å². The van der Waals surface area contributed by atoms with Gasteiger partial charge in [0.05, 0.1) is 0 Å². The zero-order valence-electron chi connectivity index (χ0n) is 14.7. The molecule has 0 amide bonds. The molecule has 1 unspecified atom stereocenters. The molecular formula is C19H28Cl2Hf. The molecule has 0 aliphatic heterocycles. The van der Waals surface area contributed by atoms with Crippen LogP contribution in [0.25, 0.3) is 0 Å². The molecule has 22 heavy (non-hydrogen) atoms. The van der Waals surface area contributed by atoms with Crippen LogP contribution >= 0.6 is 0 Å². The van der Waals surface area contributed by atoms with Gasteiger partial charge in [0.25, 0.3) is 0 Å². The van der Waals surface area contributed by atoms with Crippen molar-refractivity contribution in [1.29, 1.82) is 0 Å². The van der Waals surface area contributed by atoms with Crippen LogP contribution in [-0.4, -0.2) is 0 Å². The molecule has 0 aromatic carbocycles. The van der Waals surface area contributed by atoms with Crippen molar-refractivity contribution in [3.63, 3.8) is 0 Å². The predicted octanol–water partition coefficient (Wildman–Crippen LogP) is -0.0163. The van der Waals surface area contributed by atoms with Crippen molar-refractivity contribution in [3.8, 4) is 0 Å². The Hall–Kier alpha value is 0.410. The number of hydrogen-bond donors (Lipinski definition) is 0. The molecule has 0 heterocycles. The first-order chi connectivity index (χ1) is 8.95. The Morgan fingerprint density at radius 3 is 2.00 bits per heavy atom. The SMILES string of the molecule is CC1=[C-]C(C)C(C)=C1C.CCCCC1=CCC(C)=[C-]1.[Cl-].[Cl-].[Hf+4]. The van der Waals surface area contributed by atoms with Gasteiger partial charge in [-0.15, -0.1) is 6.92 Å². The molecule has 0 N–H and O–H groups in total. The maximum absolute atomic E-state index is 3.37. The third kappa shape index (κ3) is 8.89. The van der Waals surface area contributed by atoms with Crippen molar-refractivity contribution in [2.75, 3.05) is 0 Å². The summed E-state index contributed by atoms with van der Waals surface area (Å²) in [4.78, 5) is 0. The summed E-state index contributed by atoms with van der Waals surface area (Å²) >= 11 is 0. The summed E-state index contributed by atoms with van der Waals surface area (Å²) in [6.07, 6.45) is 14.0. The minimum Gasteiger partial charge on any atom is -1.00 e. The summed E-state index contributed by atoms with van der Waals surface area (Å²) < 4.78 is 0. The van der Waals surface area contributed by atoms with Gasteiger partial charge in [0.1, 0.15) is 0 Å². The monoisotopic (exact) mass is 506 g/mol. The molecule has 0 fully saturated rings. The van der Waals surface area contributed by atoms with Crippen molar-refractivity contribution in [1.82, 2.24) is 0 Å². The average Bonchev–Trinajstić information content (AvgIpc) is 2.88. The summed E-state index contributed by atoms with van der Waals surface area (Å²) in [5, 5.41) is 0. The van der Waals surface area contributed by atoms with Crippen molar-refractivity contribution in [2.24, 2.45) is 5.92 Å². The zero-order valence-corrected chi connectivity index (χ0v) is 19.8. The van der Waals surface area contributed by atoms with Crippen molar-refractivity contribution in [3.05, 3.63) is 46.1 Å². The standard InChI is InChI=1S/C10H15.C9H13.2ClH.Hf/c1-3-4-5-10-7-6-9(2)8-10;1-6-5-7(2)9(4)8(6)3;;;/h7H,3-6H2,1-2H3;6H,1-4H3;2*1H;/q2*-1;;;+4/p-2. The quantitative estimate of drug-likeness (QED) is 0.374. The van der Waals surface area contributed by atoms with E-state index in [0.29, 0.717) is 5.92 Å². The Labute approximate surface area is 169 Å². The third-order valence-electron chi connectivity index (χ3n) is 4.06. The smallest absolute Gasteiger partial charge is 1.00 e. The Morgan fingerprint density at radius 2 is 1.73 bits per heavy atom. The number of allylic oxidation sites excluding steroid dienone is 8. The zero-order chi connectivity index (χ0) is 14.4. The fourth-order valence-corrected chi connectivity index (χ4v) is 2.35. The molecule has 0 radical (unpaired) electrons. The fraction of sp³-hybridized carbons (Fsp3) is 0.579. The van der Waals surface area contributed by atoms with E-state index in [2.05, 4.69) is 59.8 Å². The molecule has 0 bridgehead atoms. The molecule has 0 nitrogen and oxygen atoms in total. The van der Waals surface area contributed by atoms with Gasteiger partial charge in [0.2, 0.25) is 0 Å². The Bertz CT molecular complexity index is 442. The Balaban J connectivity index is -0.000000290. The van der Waals surface area contributed by atoms with Gasteiger partial charge in [-0.1, -0.05) is 66.2 Å². The van der Waals surface area contributed by atoms with Gasteiger partial charge in [-0.3, -0.25) is 6.08 Å². The predicted molar refractivity (Wildman–Crippen MR) is 84.6 cm³/mol. The minimum absolute atomic E-state index is 0. The minimum atomic E-state index is 0. The van der Waals surface area contributed by atoms with Crippen LogP contribution in [0.3, 0.4) is 0 Å². The van der Waals surface area contributed by atoms with Crippen LogP contribution in [0.5, 0.6) is 0 Å². The van der Waals surface area contributed by atoms with Crippen molar-refractivity contribution < 1.29 is 50.7 Å². The molecule has 2 rings (SSSR count). The second-order valence-corrected chi connectivity index (χ2v) is 5.74. The third-order valence-corrected chi connectivity index (χ3v) is 4.06. The van der Waals surface area contributed by atoms with E-state index in [1.807, 2.05) is 0 Å². The Morgan fingerprint density at radius 1 is 1.14 bits per heavy atom. The first kappa shape index (κ1) is 27.3. The molecule has 0 saturated heterocycles. The molecule has 2 aliphatic rings. The van der Waals surface area contributed by atoms with E-state index in [1.165, 1.54) is 47.1 Å². The van der Waals surface area contributed by atoms with E-state index in [0.717, 1.165) is 6.42 Å². The fourth-order valence-electron chi connectivity index (χ4n) is 2.35. The number of rotatable bonds is 3. The molecule has 0 aromatic heterocycles. The summed E-state index contributed by atoms with van der Waals surface area (Å²) in [7, 11) is 0. The molecule has 0 saturated carbocycles. The van der Waals surface area contributed by atoms with E-state index < -0.39 is 0 Å². The van der Waals surface area contributed by atoms with Crippen LogP contribution in [0.4, 0.5) is 0 Å². The van der Waals surface area contributed by atoms with Gasteiger partial charge < -0.3 is 24.8 Å². The second kappa shape index (κ2) is 13.8. The van der Waals surface area contributed by atoms with Gasteiger partial charge >= 0.3 is 25.8 Å². The Kier molecular flexibility index (Phi) is 17.1. The molecule has 122 valence electrons. The molecule has 0 aromatic rings. The summed E-state index contributed by atoms with van der Waals surface area (Å²) in [5.74, 6) is 0.560. The van der Waals surface area contributed by atoms with E-state index >= 15 is 0 Å². The largest absolute Gasteiger partial charge is 4.00 e. The normalized spacial score (nSPS) is 18.8. The molecule has 2 aliphatic carbocycles. The van der Waals surface area contributed by atoms with Crippen LogP contribution in [0.1, 0.15) is 67.2 Å². The average molecular weight is 506 g/mol. The van der Waals surface area contributed by atoms with Crippen LogP contribution in [-0.2, 0) is 25.8 Å². The molecule has 1 atom stereocenters. The maximum Gasteiger partial charge on any atom is 4.00 e. The van der Waals surface area contributed by atoms with E-state index in [4.69, 9.17) is 0 Å². The maximum atomic E-state index is 3.37. The molecular weight excluding hydrogens is 478 g/mol. The van der Waals surface area contributed by atoms with Gasteiger partial charge in [-0.2, -0.15) is 16.7 Å². The summed E-state index contributed by atoms with van der Waals surface area (Å²) in [6, 6.07) is 0. The topological polar surface area (TPSA) is 0 Å². The van der Waals surface area contributed by atoms with Crippen LogP contribution in [0.15, 0.2) is 33.9 Å². The number of halogens is 2. The van der Waals surface area contributed by atoms with E-state index in [9.17, 15) is 0 Å². The number of unbranched alkanes of at least 4 members (excludes halogenated alkanes) is 1. The summed E-state index contributed by atoms with van der Waals surface area (Å²) in [6.45, 7) is 13.0. The van der Waals surface area contributed by atoms with Crippen LogP contribution in [0.2, 0.25) is 0 Å². The van der Waals surface area contributed by atoms with E-state index in [-0.39, 0.29) is 50.7 Å². The summed E-state index contributed by atoms with van der Waals surface area (Å²) in [5.41, 5.74) is 7.07. The van der Waals surface area contributed by atoms with Crippen LogP contribution < -0.4 is 24.8 Å². The van der Waals surface area contributed by atoms with Gasteiger partial charge in [0, 0.05) is 0 Å². The molecule has 0 spiro atoms. The second-order valence-electron chi connectivity index (χ2n) is 5.74.